The molecule has 0 spiro atoms. The highest BCUT2D eigenvalue weighted by Gasteiger charge is 2.24. The van der Waals surface area contributed by atoms with Gasteiger partial charge in [-0.1, -0.05) is 72.8 Å². The summed E-state index contributed by atoms with van der Waals surface area (Å²) < 4.78 is 0. The zero-order valence-corrected chi connectivity index (χ0v) is 19.0. The van der Waals surface area contributed by atoms with E-state index in [1.165, 1.54) is 11.1 Å². The summed E-state index contributed by atoms with van der Waals surface area (Å²) in [5, 5.41) is 0. The molecule has 33 heavy (non-hydrogen) atoms. The van der Waals surface area contributed by atoms with Crippen LogP contribution in [0.4, 0.5) is 5.95 Å². The standard InChI is InChI=1S/C27H31N5O/c33-26-24-21-31(20-23-10-5-2-6-11-23)15-13-25(24)28-27(29-26)32-18-16-30(17-19-32)14-7-12-22-8-3-1-4-9-22/h1-12H,13-21H2,(H,28,29,33)/b12-7+. The van der Waals surface area contributed by atoms with Crippen LogP contribution in [0.1, 0.15) is 22.4 Å². The van der Waals surface area contributed by atoms with Gasteiger partial charge in [0.1, 0.15) is 0 Å². The predicted octanol–water partition coefficient (Wildman–Crippen LogP) is 3.16. The Labute approximate surface area is 195 Å². The van der Waals surface area contributed by atoms with E-state index in [0.717, 1.165) is 69.4 Å². The third-order valence-corrected chi connectivity index (χ3v) is 6.53. The van der Waals surface area contributed by atoms with Gasteiger partial charge in [-0.15, -0.1) is 0 Å². The monoisotopic (exact) mass is 441 g/mol. The van der Waals surface area contributed by atoms with Crippen molar-refractivity contribution in [3.05, 3.63) is 99.5 Å². The summed E-state index contributed by atoms with van der Waals surface area (Å²) in [7, 11) is 0. The van der Waals surface area contributed by atoms with Crippen LogP contribution in [0.25, 0.3) is 6.08 Å². The lowest BCUT2D eigenvalue weighted by Crippen LogP contribution is -2.47. The molecule has 1 fully saturated rings. The van der Waals surface area contributed by atoms with Crippen LogP contribution in [-0.4, -0.2) is 59.0 Å². The summed E-state index contributed by atoms with van der Waals surface area (Å²) >= 11 is 0. The SMILES string of the molecule is O=c1[nH]c(N2CCN(C/C=C/c3ccccc3)CC2)nc2c1CN(Cc1ccccc1)CC2. The van der Waals surface area contributed by atoms with Crippen LogP contribution in [-0.2, 0) is 19.5 Å². The number of anilines is 1. The highest BCUT2D eigenvalue weighted by molar-refractivity contribution is 5.48. The van der Waals surface area contributed by atoms with E-state index in [0.29, 0.717) is 6.54 Å². The summed E-state index contributed by atoms with van der Waals surface area (Å²) in [6.45, 7) is 7.07. The van der Waals surface area contributed by atoms with Crippen molar-refractivity contribution in [3.63, 3.8) is 0 Å². The lowest BCUT2D eigenvalue weighted by atomic mass is 10.1. The van der Waals surface area contributed by atoms with Crippen LogP contribution in [0, 0.1) is 0 Å². The van der Waals surface area contributed by atoms with Crippen LogP contribution >= 0.6 is 0 Å². The summed E-state index contributed by atoms with van der Waals surface area (Å²) in [5.74, 6) is 0.731. The molecule has 2 aliphatic heterocycles. The second-order valence-electron chi connectivity index (χ2n) is 8.86. The Morgan fingerprint density at radius 2 is 1.61 bits per heavy atom. The smallest absolute Gasteiger partial charge is 0.257 e. The molecule has 0 unspecified atom stereocenters. The third-order valence-electron chi connectivity index (χ3n) is 6.53. The van der Waals surface area contributed by atoms with Crippen LogP contribution in [0.3, 0.4) is 0 Å². The second kappa shape index (κ2) is 10.1. The molecule has 3 heterocycles. The van der Waals surface area contributed by atoms with E-state index in [9.17, 15) is 4.79 Å². The maximum atomic E-state index is 12.9. The number of aromatic amines is 1. The van der Waals surface area contributed by atoms with Gasteiger partial charge in [0.25, 0.3) is 5.56 Å². The van der Waals surface area contributed by atoms with Crippen molar-refractivity contribution in [3.8, 4) is 0 Å². The van der Waals surface area contributed by atoms with Crippen molar-refractivity contribution in [2.24, 2.45) is 0 Å². The molecule has 1 aromatic heterocycles. The first-order valence-corrected chi connectivity index (χ1v) is 11.8. The van der Waals surface area contributed by atoms with Gasteiger partial charge in [-0.05, 0) is 11.1 Å². The van der Waals surface area contributed by atoms with E-state index in [1.54, 1.807) is 0 Å². The van der Waals surface area contributed by atoms with Crippen molar-refractivity contribution in [2.75, 3.05) is 44.2 Å². The van der Waals surface area contributed by atoms with E-state index in [-0.39, 0.29) is 5.56 Å². The summed E-state index contributed by atoms with van der Waals surface area (Å²) in [5.41, 5.74) is 4.31. The van der Waals surface area contributed by atoms with E-state index in [2.05, 4.69) is 80.4 Å². The Bertz CT molecular complexity index is 1130. The van der Waals surface area contributed by atoms with Gasteiger partial charge < -0.3 is 4.90 Å². The fraction of sp³-hybridized carbons (Fsp3) is 0.333. The lowest BCUT2D eigenvalue weighted by Gasteiger charge is -2.35. The van der Waals surface area contributed by atoms with E-state index in [1.807, 2.05) is 12.1 Å². The van der Waals surface area contributed by atoms with E-state index in [4.69, 9.17) is 4.98 Å². The average molecular weight is 442 g/mol. The molecule has 0 bridgehead atoms. The number of hydrogen-bond acceptors (Lipinski definition) is 5. The van der Waals surface area contributed by atoms with Crippen LogP contribution in [0.2, 0.25) is 0 Å². The molecule has 2 aliphatic rings. The number of fused-ring (bicyclic) bond motifs is 1. The molecule has 1 saturated heterocycles. The molecule has 0 radical (unpaired) electrons. The number of H-pyrrole nitrogens is 1. The third kappa shape index (κ3) is 5.41. The van der Waals surface area contributed by atoms with E-state index >= 15 is 0 Å². The molecule has 6 nitrogen and oxygen atoms in total. The number of piperazine rings is 1. The van der Waals surface area contributed by atoms with Gasteiger partial charge in [0, 0.05) is 58.8 Å². The minimum Gasteiger partial charge on any atom is -0.340 e. The van der Waals surface area contributed by atoms with Crippen molar-refractivity contribution in [1.29, 1.82) is 0 Å². The maximum Gasteiger partial charge on any atom is 0.257 e. The van der Waals surface area contributed by atoms with Crippen LogP contribution in [0.15, 0.2) is 71.5 Å². The van der Waals surface area contributed by atoms with Gasteiger partial charge in [0.15, 0.2) is 0 Å². The molecule has 6 heteroatoms. The fourth-order valence-corrected chi connectivity index (χ4v) is 4.64. The first kappa shape index (κ1) is 21.6. The highest BCUT2D eigenvalue weighted by Crippen LogP contribution is 2.19. The molecule has 3 aromatic rings. The molecule has 170 valence electrons. The molecule has 0 saturated carbocycles. The lowest BCUT2D eigenvalue weighted by molar-refractivity contribution is 0.241. The topological polar surface area (TPSA) is 55.5 Å². The van der Waals surface area contributed by atoms with E-state index < -0.39 is 0 Å². The Hall–Kier alpha value is -3.22. The Morgan fingerprint density at radius 3 is 2.36 bits per heavy atom. The Balaban J connectivity index is 1.17. The molecule has 5 rings (SSSR count). The number of aromatic nitrogens is 2. The molecule has 0 aliphatic carbocycles. The quantitative estimate of drug-likeness (QED) is 0.637. The summed E-state index contributed by atoms with van der Waals surface area (Å²) in [6.07, 6.45) is 5.23. The second-order valence-corrected chi connectivity index (χ2v) is 8.86. The fourth-order valence-electron chi connectivity index (χ4n) is 4.64. The van der Waals surface area contributed by atoms with Crippen LogP contribution < -0.4 is 10.5 Å². The molecular weight excluding hydrogens is 410 g/mol. The predicted molar refractivity (Wildman–Crippen MR) is 133 cm³/mol. The first-order valence-electron chi connectivity index (χ1n) is 11.8. The number of benzene rings is 2. The number of nitrogens with zero attached hydrogens (tertiary/aromatic N) is 4. The Kier molecular flexibility index (Phi) is 6.65. The van der Waals surface area contributed by atoms with Gasteiger partial charge in [0.05, 0.1) is 11.3 Å². The van der Waals surface area contributed by atoms with Crippen LogP contribution in [0.5, 0.6) is 0 Å². The minimum atomic E-state index is 0.0148. The zero-order chi connectivity index (χ0) is 22.5. The van der Waals surface area contributed by atoms with Crippen molar-refractivity contribution < 1.29 is 0 Å². The van der Waals surface area contributed by atoms with Crippen molar-refractivity contribution >= 4 is 12.0 Å². The number of hydrogen-bond donors (Lipinski definition) is 1. The van der Waals surface area contributed by atoms with Gasteiger partial charge in [-0.25, -0.2) is 4.98 Å². The molecule has 0 atom stereocenters. The summed E-state index contributed by atoms with van der Waals surface area (Å²) in [4.78, 5) is 27.8. The molecule has 1 N–H and O–H groups in total. The Morgan fingerprint density at radius 1 is 0.879 bits per heavy atom. The van der Waals surface area contributed by atoms with Gasteiger partial charge in [0.2, 0.25) is 5.95 Å². The number of rotatable bonds is 6. The van der Waals surface area contributed by atoms with Crippen molar-refractivity contribution in [2.45, 2.75) is 19.5 Å². The van der Waals surface area contributed by atoms with Crippen molar-refractivity contribution in [1.82, 2.24) is 19.8 Å². The van der Waals surface area contributed by atoms with Gasteiger partial charge in [-0.3, -0.25) is 19.6 Å². The van der Waals surface area contributed by atoms with Gasteiger partial charge in [-0.2, -0.15) is 0 Å². The normalized spacial score (nSPS) is 17.4. The zero-order valence-electron chi connectivity index (χ0n) is 19.0. The average Bonchev–Trinajstić information content (AvgIpc) is 2.86. The maximum absolute atomic E-state index is 12.9. The number of nitrogens with one attached hydrogen (secondary N) is 1. The molecule has 2 aromatic carbocycles. The highest BCUT2D eigenvalue weighted by atomic mass is 16.1. The largest absolute Gasteiger partial charge is 0.340 e. The summed E-state index contributed by atoms with van der Waals surface area (Å²) in [6, 6.07) is 20.8. The molecular formula is C27H31N5O. The first-order chi connectivity index (χ1) is 16.2. The minimum absolute atomic E-state index is 0.0148. The van der Waals surface area contributed by atoms with Gasteiger partial charge >= 0.3 is 0 Å². The molecule has 0 amide bonds.